The fraction of sp³-hybridized carbons (Fsp3) is 0.273. The van der Waals surface area contributed by atoms with Gasteiger partial charge in [0.1, 0.15) is 17.6 Å². The first-order chi connectivity index (χ1) is 19.5. The molecule has 1 saturated heterocycles. The van der Waals surface area contributed by atoms with Crippen LogP contribution in [0.4, 0.5) is 14.0 Å². The van der Waals surface area contributed by atoms with Crippen molar-refractivity contribution in [1.82, 2.24) is 19.8 Å². The van der Waals surface area contributed by atoms with Crippen LogP contribution in [0.2, 0.25) is 0 Å². The maximum atomic E-state index is 14.7. The Labute approximate surface area is 237 Å². The number of imide groups is 1. The van der Waals surface area contributed by atoms with Gasteiger partial charge in [0.15, 0.2) is 0 Å². The molecule has 2 heterocycles. The van der Waals surface area contributed by atoms with Gasteiger partial charge in [-0.15, -0.1) is 0 Å². The van der Waals surface area contributed by atoms with E-state index in [1.54, 1.807) is 0 Å². The number of halogens is 1. The maximum Gasteiger partial charge on any atom is 0.547 e. The van der Waals surface area contributed by atoms with E-state index in [1.165, 1.54) is 18.2 Å². The lowest BCUT2D eigenvalue weighted by atomic mass is 9.72. The minimum absolute atomic E-state index is 0.120. The SMILES string of the molecule is CS(=O)(=O)N1CCN(C(=O)NC(C(=O)NC2Cc3cccc(C(=O)O)c3OB2O)c2ccc(P(=O)(O)O)c(F)c2)C1=O. The summed E-state index contributed by atoms with van der Waals surface area (Å²) in [6.07, 6.45) is 0.618. The number of nitrogens with one attached hydrogen (secondary N) is 2. The predicted molar refractivity (Wildman–Crippen MR) is 141 cm³/mol. The Kier molecular flexibility index (Phi) is 8.35. The third kappa shape index (κ3) is 6.24. The number of carbonyl (C=O) groups excluding carboxylic acids is 3. The van der Waals surface area contributed by atoms with Crippen LogP contribution in [-0.2, 0) is 25.8 Å². The summed E-state index contributed by atoms with van der Waals surface area (Å²) in [5, 5.41) is 23.5. The highest BCUT2D eigenvalue weighted by atomic mass is 32.2. The van der Waals surface area contributed by atoms with E-state index in [0.717, 1.165) is 12.3 Å². The average Bonchev–Trinajstić information content (AvgIpc) is 3.28. The Morgan fingerprint density at radius 2 is 1.88 bits per heavy atom. The van der Waals surface area contributed by atoms with Crippen LogP contribution >= 0.6 is 7.60 Å². The van der Waals surface area contributed by atoms with E-state index in [9.17, 15) is 56.5 Å². The first kappa shape index (κ1) is 30.9. The smallest absolute Gasteiger partial charge is 0.534 e. The van der Waals surface area contributed by atoms with Crippen LogP contribution in [-0.4, -0.2) is 93.9 Å². The lowest BCUT2D eigenvalue weighted by Gasteiger charge is -2.30. The molecular formula is C22H23BFN4O12PS. The topological polar surface area (TPSA) is 240 Å². The van der Waals surface area contributed by atoms with Crippen LogP contribution in [0.15, 0.2) is 36.4 Å². The van der Waals surface area contributed by atoms with E-state index in [4.69, 9.17) is 4.65 Å². The highest BCUT2D eigenvalue weighted by Crippen LogP contribution is 2.35. The highest BCUT2D eigenvalue weighted by molar-refractivity contribution is 7.88. The number of hydrogen-bond donors (Lipinski definition) is 6. The third-order valence-electron chi connectivity index (χ3n) is 6.44. The number of carboxylic acid groups (broad SMARTS) is 1. The number of fused-ring (bicyclic) bond motifs is 1. The van der Waals surface area contributed by atoms with Crippen LogP contribution in [0.1, 0.15) is 27.5 Å². The molecule has 2 aromatic rings. The van der Waals surface area contributed by atoms with Crippen molar-refractivity contribution in [3.05, 3.63) is 58.9 Å². The van der Waals surface area contributed by atoms with Crippen LogP contribution < -0.4 is 20.6 Å². The van der Waals surface area contributed by atoms with Gasteiger partial charge in [0.25, 0.3) is 0 Å². The molecule has 0 saturated carbocycles. The zero-order chi connectivity index (χ0) is 31.1. The van der Waals surface area contributed by atoms with Crippen molar-refractivity contribution >= 4 is 54.0 Å². The van der Waals surface area contributed by atoms with E-state index in [1.807, 2.05) is 0 Å². The summed E-state index contributed by atoms with van der Waals surface area (Å²) in [5.41, 5.74) is -0.255. The van der Waals surface area contributed by atoms with E-state index in [-0.39, 0.29) is 36.4 Å². The van der Waals surface area contributed by atoms with Crippen molar-refractivity contribution in [3.63, 3.8) is 0 Å². The molecule has 0 aliphatic carbocycles. The van der Waals surface area contributed by atoms with Crippen LogP contribution in [0, 0.1) is 5.82 Å². The maximum absolute atomic E-state index is 14.7. The minimum atomic E-state index is -5.05. The summed E-state index contributed by atoms with van der Waals surface area (Å²) in [7, 11) is -10.8. The molecule has 5 amide bonds. The molecule has 0 spiro atoms. The number of para-hydroxylation sites is 1. The van der Waals surface area contributed by atoms with E-state index in [0.29, 0.717) is 26.9 Å². The Morgan fingerprint density at radius 3 is 2.45 bits per heavy atom. The van der Waals surface area contributed by atoms with Crippen LogP contribution in [0.3, 0.4) is 0 Å². The van der Waals surface area contributed by atoms with Crippen molar-refractivity contribution in [2.75, 3.05) is 19.3 Å². The van der Waals surface area contributed by atoms with Crippen molar-refractivity contribution in [1.29, 1.82) is 0 Å². The number of benzene rings is 2. The molecule has 2 aliphatic heterocycles. The van der Waals surface area contributed by atoms with E-state index in [2.05, 4.69) is 10.6 Å². The summed E-state index contributed by atoms with van der Waals surface area (Å²) < 4.78 is 55.6. The molecule has 0 bridgehead atoms. The first-order valence-corrected chi connectivity index (χ1v) is 15.4. The third-order valence-corrected chi connectivity index (χ3v) is 8.57. The number of aromatic carboxylic acids is 1. The molecule has 42 heavy (non-hydrogen) atoms. The standard InChI is InChI=1S/C22H23BFN4O12PS/c1-42(38,39)28-8-7-27(22(28)33)21(32)26-17(11-5-6-15(14(24)9-11)41(35,36)37)19(29)25-16-10-12-3-2-4-13(20(30)31)18(12)40-23(16)34/h2-6,9,16-17,34H,7-8,10H2,1H3,(H,25,29)(H,26,32)(H,30,31)(H2,35,36,37). The number of rotatable bonds is 7. The number of nitrogens with zero attached hydrogens (tertiary/aromatic N) is 2. The second kappa shape index (κ2) is 11.3. The number of carbonyl (C=O) groups is 4. The summed E-state index contributed by atoms with van der Waals surface area (Å²) in [4.78, 5) is 69.6. The highest BCUT2D eigenvalue weighted by Gasteiger charge is 2.42. The summed E-state index contributed by atoms with van der Waals surface area (Å²) in [6, 6.07) is 2.09. The molecule has 1 fully saturated rings. The molecule has 224 valence electrons. The molecule has 0 radical (unpaired) electrons. The zero-order valence-electron chi connectivity index (χ0n) is 21.5. The zero-order valence-corrected chi connectivity index (χ0v) is 23.2. The van der Waals surface area contributed by atoms with Crippen LogP contribution in [0.25, 0.3) is 0 Å². The molecule has 6 N–H and O–H groups in total. The van der Waals surface area contributed by atoms with Gasteiger partial charge in [0, 0.05) is 0 Å². The lowest BCUT2D eigenvalue weighted by Crippen LogP contribution is -2.56. The monoisotopic (exact) mass is 628 g/mol. The fourth-order valence-corrected chi connectivity index (χ4v) is 5.84. The molecule has 20 heteroatoms. The number of amides is 5. The van der Waals surface area contributed by atoms with E-state index >= 15 is 0 Å². The van der Waals surface area contributed by atoms with Crippen molar-refractivity contribution in [2.24, 2.45) is 0 Å². The summed E-state index contributed by atoms with van der Waals surface area (Å²) >= 11 is 0. The minimum Gasteiger partial charge on any atom is -0.534 e. The van der Waals surface area contributed by atoms with Gasteiger partial charge in [0.2, 0.25) is 15.9 Å². The molecular weight excluding hydrogens is 605 g/mol. The van der Waals surface area contributed by atoms with Gasteiger partial charge < -0.3 is 35.2 Å². The van der Waals surface area contributed by atoms with Crippen molar-refractivity contribution in [2.45, 2.75) is 18.4 Å². The Hall–Kier alpha value is -4.03. The molecule has 16 nitrogen and oxygen atoms in total. The molecule has 2 aromatic carbocycles. The number of hydrogen-bond acceptors (Lipinski definition) is 9. The molecule has 2 atom stereocenters. The largest absolute Gasteiger partial charge is 0.547 e. The second-order valence-corrected chi connectivity index (χ2v) is 12.8. The Balaban J connectivity index is 1.63. The molecule has 4 rings (SSSR count). The number of urea groups is 2. The number of sulfonamides is 1. The average molecular weight is 628 g/mol. The normalized spacial score (nSPS) is 17.8. The molecule has 2 unspecified atom stereocenters. The van der Waals surface area contributed by atoms with Gasteiger partial charge in [0.05, 0.1) is 36.2 Å². The Morgan fingerprint density at radius 1 is 1.19 bits per heavy atom. The van der Waals surface area contributed by atoms with Gasteiger partial charge in [-0.25, -0.2) is 36.4 Å². The van der Waals surface area contributed by atoms with E-state index < -0.39 is 71.8 Å². The van der Waals surface area contributed by atoms with Gasteiger partial charge in [-0.05, 0) is 35.7 Å². The molecule has 2 aliphatic rings. The van der Waals surface area contributed by atoms with Gasteiger partial charge in [-0.1, -0.05) is 18.2 Å². The van der Waals surface area contributed by atoms with Crippen molar-refractivity contribution in [3.8, 4) is 5.75 Å². The van der Waals surface area contributed by atoms with Crippen LogP contribution in [0.5, 0.6) is 5.75 Å². The predicted octanol–water partition coefficient (Wildman–Crippen LogP) is -1.09. The van der Waals surface area contributed by atoms with Gasteiger partial charge in [-0.3, -0.25) is 9.36 Å². The lowest BCUT2D eigenvalue weighted by molar-refractivity contribution is -0.123. The fourth-order valence-electron chi connectivity index (χ4n) is 4.44. The van der Waals surface area contributed by atoms with Gasteiger partial charge >= 0.3 is 32.7 Å². The van der Waals surface area contributed by atoms with Crippen molar-refractivity contribution < 1.29 is 61.1 Å². The number of carboxylic acids is 1. The second-order valence-electron chi connectivity index (χ2n) is 9.33. The Bertz CT molecular complexity index is 1640. The summed E-state index contributed by atoms with van der Waals surface area (Å²) in [6.45, 7) is -0.744. The molecule has 0 aromatic heterocycles. The summed E-state index contributed by atoms with van der Waals surface area (Å²) in [5.74, 6) is -5.17. The quantitative estimate of drug-likeness (QED) is 0.158. The first-order valence-electron chi connectivity index (χ1n) is 11.9. The van der Waals surface area contributed by atoms with Gasteiger partial charge in [-0.2, -0.15) is 0 Å².